The van der Waals surface area contributed by atoms with Gasteiger partial charge in [0.25, 0.3) is 0 Å². The van der Waals surface area contributed by atoms with E-state index in [1.807, 2.05) is 13.0 Å². The zero-order chi connectivity index (χ0) is 15.4. The fourth-order valence-corrected chi connectivity index (χ4v) is 3.76. The van der Waals surface area contributed by atoms with Crippen LogP contribution in [0.15, 0.2) is 30.3 Å². The van der Waals surface area contributed by atoms with Crippen LogP contribution in [0.5, 0.6) is 0 Å². The van der Waals surface area contributed by atoms with Gasteiger partial charge < -0.3 is 5.32 Å². The summed E-state index contributed by atoms with van der Waals surface area (Å²) in [5, 5.41) is 3.61. The van der Waals surface area contributed by atoms with Crippen LogP contribution in [-0.2, 0) is 0 Å². The van der Waals surface area contributed by atoms with Crippen LogP contribution in [0, 0.1) is 18.7 Å². The Hall–Kier alpha value is -1.19. The average Bonchev–Trinajstić information content (AvgIpc) is 2.87. The Bertz CT molecular complexity index is 568. The van der Waals surface area contributed by atoms with Crippen molar-refractivity contribution in [1.82, 2.24) is 5.32 Å². The molecule has 1 atom stereocenters. The molecule has 3 heteroatoms. The number of rotatable bonds is 6. The summed E-state index contributed by atoms with van der Waals surface area (Å²) < 4.78 is 13.6. The van der Waals surface area contributed by atoms with Crippen LogP contribution in [0.25, 0.3) is 10.4 Å². The minimum absolute atomic E-state index is 0.163. The van der Waals surface area contributed by atoms with Gasteiger partial charge in [0.15, 0.2) is 0 Å². The summed E-state index contributed by atoms with van der Waals surface area (Å²) in [4.78, 5) is 2.46. The van der Waals surface area contributed by atoms with Crippen molar-refractivity contribution < 1.29 is 4.39 Å². The molecule has 0 aliphatic rings. The first-order chi connectivity index (χ1) is 10.0. The molecule has 1 heterocycles. The van der Waals surface area contributed by atoms with Gasteiger partial charge in [-0.05, 0) is 61.2 Å². The smallest absolute Gasteiger partial charge is 0.124 e. The molecule has 0 fully saturated rings. The molecule has 1 nitrogen and oxygen atoms in total. The molecule has 1 aromatic heterocycles. The van der Waals surface area contributed by atoms with Gasteiger partial charge >= 0.3 is 0 Å². The normalized spacial score (nSPS) is 12.9. The molecule has 2 aromatic rings. The third-order valence-corrected chi connectivity index (χ3v) is 4.76. The van der Waals surface area contributed by atoms with Crippen molar-refractivity contribution in [2.45, 2.75) is 40.2 Å². The third-order valence-electron chi connectivity index (χ3n) is 3.54. The average molecular weight is 305 g/mol. The molecule has 0 aliphatic heterocycles. The van der Waals surface area contributed by atoms with Crippen LogP contribution in [0.3, 0.4) is 0 Å². The number of hydrogen-bond donors (Lipinski definition) is 1. The van der Waals surface area contributed by atoms with Crippen molar-refractivity contribution in [2.75, 3.05) is 6.54 Å². The lowest BCUT2D eigenvalue weighted by atomic mass is 10.0. The summed E-state index contributed by atoms with van der Waals surface area (Å²) in [7, 11) is 0. The molecule has 1 N–H and O–H groups in total. The number of hydrogen-bond acceptors (Lipinski definition) is 2. The summed E-state index contributed by atoms with van der Waals surface area (Å²) in [5.41, 5.74) is 1.94. The van der Waals surface area contributed by atoms with E-state index in [0.717, 1.165) is 29.0 Å². The van der Waals surface area contributed by atoms with Crippen molar-refractivity contribution in [3.63, 3.8) is 0 Å². The van der Waals surface area contributed by atoms with E-state index in [-0.39, 0.29) is 5.82 Å². The standard InChI is InChI=1S/C18H24FNS/c1-5-8-20-18(12(2)3)17-7-6-16(21-17)14-9-13(4)10-15(19)11-14/h6-7,9-12,18,20H,5,8H2,1-4H3. The lowest BCUT2D eigenvalue weighted by molar-refractivity contribution is 0.418. The Morgan fingerprint density at radius 2 is 1.95 bits per heavy atom. The van der Waals surface area contributed by atoms with Crippen molar-refractivity contribution in [3.8, 4) is 10.4 Å². The second-order valence-corrected chi connectivity index (χ2v) is 7.01. The van der Waals surface area contributed by atoms with Crippen molar-refractivity contribution in [1.29, 1.82) is 0 Å². The summed E-state index contributed by atoms with van der Waals surface area (Å²) in [6.45, 7) is 9.61. The zero-order valence-corrected chi connectivity index (χ0v) is 14.1. The molecule has 1 aromatic carbocycles. The Kier molecular flexibility index (Phi) is 5.54. The van der Waals surface area contributed by atoms with Gasteiger partial charge in [-0.1, -0.05) is 26.8 Å². The first-order valence-corrected chi connectivity index (χ1v) is 8.43. The molecule has 21 heavy (non-hydrogen) atoms. The lowest BCUT2D eigenvalue weighted by Crippen LogP contribution is -2.25. The topological polar surface area (TPSA) is 12.0 Å². The minimum Gasteiger partial charge on any atom is -0.309 e. The Morgan fingerprint density at radius 3 is 2.57 bits per heavy atom. The predicted octanol–water partition coefficient (Wildman–Crippen LogP) is 5.56. The van der Waals surface area contributed by atoms with E-state index in [1.165, 1.54) is 4.88 Å². The maximum atomic E-state index is 13.6. The molecule has 1 unspecified atom stereocenters. The quantitative estimate of drug-likeness (QED) is 0.736. The van der Waals surface area contributed by atoms with E-state index < -0.39 is 0 Å². The molecule has 2 rings (SSSR count). The van der Waals surface area contributed by atoms with Gasteiger partial charge in [0.1, 0.15) is 5.82 Å². The third kappa shape index (κ3) is 4.14. The highest BCUT2D eigenvalue weighted by molar-refractivity contribution is 7.15. The zero-order valence-electron chi connectivity index (χ0n) is 13.2. The molecule has 0 aliphatic carbocycles. The van der Waals surface area contributed by atoms with E-state index in [4.69, 9.17) is 0 Å². The van der Waals surface area contributed by atoms with Crippen LogP contribution in [0.2, 0.25) is 0 Å². The van der Waals surface area contributed by atoms with Gasteiger partial charge in [-0.2, -0.15) is 0 Å². The lowest BCUT2D eigenvalue weighted by Gasteiger charge is -2.20. The summed E-state index contributed by atoms with van der Waals surface area (Å²) >= 11 is 1.76. The fourth-order valence-electron chi connectivity index (χ4n) is 2.52. The van der Waals surface area contributed by atoms with Crippen LogP contribution >= 0.6 is 11.3 Å². The van der Waals surface area contributed by atoms with Crippen LogP contribution in [-0.4, -0.2) is 6.54 Å². The maximum Gasteiger partial charge on any atom is 0.124 e. The van der Waals surface area contributed by atoms with Gasteiger partial charge in [-0.15, -0.1) is 11.3 Å². The minimum atomic E-state index is -0.163. The number of aryl methyl sites for hydroxylation is 1. The number of halogens is 1. The van der Waals surface area contributed by atoms with E-state index in [9.17, 15) is 4.39 Å². The summed E-state index contributed by atoms with van der Waals surface area (Å²) in [6.07, 6.45) is 1.13. The molecular formula is C18H24FNS. The Balaban J connectivity index is 2.27. The Morgan fingerprint density at radius 1 is 1.19 bits per heavy atom. The van der Waals surface area contributed by atoms with Crippen molar-refractivity contribution in [3.05, 3.63) is 46.6 Å². The first kappa shape index (κ1) is 16.2. The number of nitrogens with one attached hydrogen (secondary N) is 1. The molecular weight excluding hydrogens is 281 g/mol. The largest absolute Gasteiger partial charge is 0.309 e. The summed E-state index contributed by atoms with van der Waals surface area (Å²) in [5.74, 6) is 0.377. The molecule has 0 saturated carbocycles. The monoisotopic (exact) mass is 305 g/mol. The van der Waals surface area contributed by atoms with Crippen molar-refractivity contribution >= 4 is 11.3 Å². The number of benzene rings is 1. The molecule has 0 radical (unpaired) electrons. The predicted molar refractivity (Wildman–Crippen MR) is 90.3 cm³/mol. The fraction of sp³-hybridized carbons (Fsp3) is 0.444. The van der Waals surface area contributed by atoms with Crippen LogP contribution in [0.1, 0.15) is 43.7 Å². The van der Waals surface area contributed by atoms with Gasteiger partial charge in [0.05, 0.1) is 0 Å². The van der Waals surface area contributed by atoms with E-state index in [1.54, 1.807) is 23.5 Å². The molecule has 0 amide bonds. The maximum absolute atomic E-state index is 13.6. The van der Waals surface area contributed by atoms with E-state index >= 15 is 0 Å². The van der Waals surface area contributed by atoms with Gasteiger partial charge in [-0.3, -0.25) is 0 Å². The van der Waals surface area contributed by atoms with Crippen LogP contribution < -0.4 is 5.32 Å². The van der Waals surface area contributed by atoms with Crippen LogP contribution in [0.4, 0.5) is 4.39 Å². The van der Waals surface area contributed by atoms with E-state index in [0.29, 0.717) is 12.0 Å². The second kappa shape index (κ2) is 7.19. The highest BCUT2D eigenvalue weighted by Crippen LogP contribution is 2.34. The molecule has 0 bridgehead atoms. The van der Waals surface area contributed by atoms with Gasteiger partial charge in [-0.25, -0.2) is 4.39 Å². The highest BCUT2D eigenvalue weighted by atomic mass is 32.1. The molecule has 0 saturated heterocycles. The SMILES string of the molecule is CCCNC(c1ccc(-c2cc(C)cc(F)c2)s1)C(C)C. The van der Waals surface area contributed by atoms with Gasteiger partial charge in [0, 0.05) is 15.8 Å². The summed E-state index contributed by atoms with van der Waals surface area (Å²) in [6, 6.07) is 9.88. The van der Waals surface area contributed by atoms with Crippen molar-refractivity contribution in [2.24, 2.45) is 5.92 Å². The molecule has 0 spiro atoms. The number of thiophene rings is 1. The molecule has 114 valence electrons. The van der Waals surface area contributed by atoms with Gasteiger partial charge in [0.2, 0.25) is 0 Å². The highest BCUT2D eigenvalue weighted by Gasteiger charge is 2.17. The van der Waals surface area contributed by atoms with E-state index in [2.05, 4.69) is 38.2 Å². The first-order valence-electron chi connectivity index (χ1n) is 7.62. The second-order valence-electron chi connectivity index (χ2n) is 5.90. The Labute approximate surface area is 131 Å².